The van der Waals surface area contributed by atoms with E-state index in [1.165, 1.54) is 0 Å². The third-order valence-corrected chi connectivity index (χ3v) is 9.64. The predicted octanol–water partition coefficient (Wildman–Crippen LogP) is 10.8. The topological polar surface area (TPSA) is 52.1 Å². The minimum atomic E-state index is 0.633. The van der Waals surface area contributed by atoms with Crippen LogP contribution in [-0.4, -0.2) is 9.97 Å². The molecule has 10 aromatic rings. The van der Waals surface area contributed by atoms with Gasteiger partial charge in [0.15, 0.2) is 11.4 Å². The van der Waals surface area contributed by atoms with Crippen LogP contribution in [0.1, 0.15) is 5.56 Å². The molecule has 234 valence electrons. The van der Waals surface area contributed by atoms with Crippen LogP contribution < -0.4 is 10.4 Å². The molecule has 0 aliphatic carbocycles. The van der Waals surface area contributed by atoms with Gasteiger partial charge in [0.05, 0.1) is 0 Å². The summed E-state index contributed by atoms with van der Waals surface area (Å²) in [7, 11) is 0. The number of nitrogens with zero attached hydrogens (tertiary/aromatic N) is 2. The standard InChI is InChI=1S/C46H28N2O2/c1-28-33(20-11-15-29-13-5-2-6-14-29)34-21-12-22-38-41(34)42-39(49-38)26-24-35(40(28)42)43-45-44(48-46(47-43)31-18-9-4-10-19-31)36-27-32(23-25-37(36)50-45)30-16-7-3-8-17-30/h2-27H,1H2/b15-11+,33-20+. The van der Waals surface area contributed by atoms with Crippen molar-refractivity contribution in [2.45, 2.75) is 0 Å². The normalized spacial score (nSPS) is 12.5. The minimum absolute atomic E-state index is 0.633. The fourth-order valence-corrected chi connectivity index (χ4v) is 7.30. The zero-order chi connectivity index (χ0) is 33.2. The Kier molecular flexibility index (Phi) is 6.30. The van der Waals surface area contributed by atoms with Crippen LogP contribution in [0.5, 0.6) is 0 Å². The van der Waals surface area contributed by atoms with Crippen molar-refractivity contribution in [3.8, 4) is 33.8 Å². The van der Waals surface area contributed by atoms with Gasteiger partial charge in [-0.15, -0.1) is 0 Å². The number of allylic oxidation sites excluding steroid dienone is 1. The molecule has 0 atom stereocenters. The van der Waals surface area contributed by atoms with Crippen molar-refractivity contribution in [3.05, 3.63) is 162 Å². The van der Waals surface area contributed by atoms with Gasteiger partial charge >= 0.3 is 0 Å². The highest BCUT2D eigenvalue weighted by Crippen LogP contribution is 2.42. The molecule has 0 saturated heterocycles. The van der Waals surface area contributed by atoms with Crippen molar-refractivity contribution < 1.29 is 8.83 Å². The van der Waals surface area contributed by atoms with Gasteiger partial charge in [-0.25, -0.2) is 9.97 Å². The quantitative estimate of drug-likeness (QED) is 0.176. The van der Waals surface area contributed by atoms with Crippen LogP contribution in [0.4, 0.5) is 0 Å². The summed E-state index contributed by atoms with van der Waals surface area (Å²) in [4.78, 5) is 10.4. The van der Waals surface area contributed by atoms with E-state index in [2.05, 4.69) is 78.9 Å². The highest BCUT2D eigenvalue weighted by atomic mass is 16.3. The Morgan fingerprint density at radius 1 is 0.540 bits per heavy atom. The Morgan fingerprint density at radius 2 is 1.26 bits per heavy atom. The number of hydrogen-bond acceptors (Lipinski definition) is 4. The second-order valence-corrected chi connectivity index (χ2v) is 12.6. The maximum Gasteiger partial charge on any atom is 0.180 e. The smallest absolute Gasteiger partial charge is 0.180 e. The third-order valence-electron chi connectivity index (χ3n) is 9.64. The Morgan fingerprint density at radius 3 is 2.06 bits per heavy atom. The second-order valence-electron chi connectivity index (χ2n) is 12.6. The van der Waals surface area contributed by atoms with E-state index >= 15 is 0 Å². The van der Waals surface area contributed by atoms with Gasteiger partial charge in [0.25, 0.3) is 0 Å². The third kappa shape index (κ3) is 4.39. The molecule has 0 aliphatic heterocycles. The Hall–Kier alpha value is -6.78. The molecule has 0 N–H and O–H groups in total. The van der Waals surface area contributed by atoms with Gasteiger partial charge in [-0.2, -0.15) is 0 Å². The number of aromatic nitrogens is 2. The van der Waals surface area contributed by atoms with Gasteiger partial charge in [0, 0.05) is 32.7 Å². The molecule has 0 amide bonds. The second kappa shape index (κ2) is 11.1. The lowest BCUT2D eigenvalue weighted by molar-refractivity contribution is 0.667. The molecule has 3 aromatic heterocycles. The van der Waals surface area contributed by atoms with Crippen molar-refractivity contribution in [2.75, 3.05) is 0 Å². The SMILES string of the molecule is C=c1/c(=C\C=C\c2ccccc2)c2cccc3oc4ccc(-c5nc(-c6ccccc6)nc6c5oc5ccc(-c7ccccc7)cc56)c1c4c32. The van der Waals surface area contributed by atoms with Crippen LogP contribution in [0.15, 0.2) is 154 Å². The summed E-state index contributed by atoms with van der Waals surface area (Å²) in [6.45, 7) is 4.73. The van der Waals surface area contributed by atoms with Crippen molar-refractivity contribution in [2.24, 2.45) is 0 Å². The highest BCUT2D eigenvalue weighted by molar-refractivity contribution is 6.25. The fraction of sp³-hybridized carbons (Fsp3) is 0. The summed E-state index contributed by atoms with van der Waals surface area (Å²) in [5, 5.41) is 7.09. The van der Waals surface area contributed by atoms with E-state index in [1.807, 2.05) is 78.9 Å². The number of rotatable bonds is 5. The van der Waals surface area contributed by atoms with Crippen molar-refractivity contribution in [1.82, 2.24) is 9.97 Å². The lowest BCUT2D eigenvalue weighted by atomic mass is 9.93. The Labute approximate surface area is 286 Å². The van der Waals surface area contributed by atoms with Crippen LogP contribution in [0, 0.1) is 0 Å². The van der Waals surface area contributed by atoms with E-state index in [1.54, 1.807) is 0 Å². The first-order chi connectivity index (χ1) is 24.7. The monoisotopic (exact) mass is 640 g/mol. The molecule has 50 heavy (non-hydrogen) atoms. The Balaban J connectivity index is 1.30. The minimum Gasteiger partial charge on any atom is -0.456 e. The summed E-state index contributed by atoms with van der Waals surface area (Å²) < 4.78 is 13.1. The van der Waals surface area contributed by atoms with Crippen LogP contribution >= 0.6 is 0 Å². The average Bonchev–Trinajstić information content (AvgIpc) is 3.75. The molecule has 0 spiro atoms. The summed E-state index contributed by atoms with van der Waals surface area (Å²) >= 11 is 0. The van der Waals surface area contributed by atoms with E-state index in [9.17, 15) is 0 Å². The van der Waals surface area contributed by atoms with Gasteiger partial charge in [-0.3, -0.25) is 0 Å². The lowest BCUT2D eigenvalue weighted by Crippen LogP contribution is -2.25. The molecule has 0 radical (unpaired) electrons. The summed E-state index contributed by atoms with van der Waals surface area (Å²) in [5.74, 6) is 0.633. The molecule has 0 unspecified atom stereocenters. The van der Waals surface area contributed by atoms with Crippen LogP contribution in [0.25, 0.3) is 107 Å². The number of furan rings is 2. The van der Waals surface area contributed by atoms with Crippen LogP contribution in [0.2, 0.25) is 0 Å². The summed E-state index contributed by atoms with van der Waals surface area (Å²) in [6.07, 6.45) is 6.37. The van der Waals surface area contributed by atoms with Gasteiger partial charge in [-0.05, 0) is 62.8 Å². The zero-order valence-corrected chi connectivity index (χ0v) is 26.9. The molecule has 0 fully saturated rings. The van der Waals surface area contributed by atoms with E-state index in [0.717, 1.165) is 93.1 Å². The first kappa shape index (κ1) is 28.3. The maximum absolute atomic E-state index is 6.69. The summed E-state index contributed by atoms with van der Waals surface area (Å²) in [5.41, 5.74) is 9.77. The number of fused-ring (bicyclic) bond motifs is 3. The molecule has 7 aromatic carbocycles. The van der Waals surface area contributed by atoms with E-state index in [-0.39, 0.29) is 0 Å². The molecule has 4 heteroatoms. The van der Waals surface area contributed by atoms with Gasteiger partial charge in [0.2, 0.25) is 0 Å². The molecule has 0 aliphatic rings. The lowest BCUT2D eigenvalue weighted by Gasteiger charge is -2.11. The molecule has 3 heterocycles. The molecular formula is C46H28N2O2. The largest absolute Gasteiger partial charge is 0.456 e. The average molecular weight is 641 g/mol. The van der Waals surface area contributed by atoms with E-state index in [0.29, 0.717) is 11.4 Å². The number of hydrogen-bond donors (Lipinski definition) is 0. The molecule has 0 saturated carbocycles. The van der Waals surface area contributed by atoms with Gasteiger partial charge < -0.3 is 8.83 Å². The van der Waals surface area contributed by atoms with E-state index < -0.39 is 0 Å². The van der Waals surface area contributed by atoms with Gasteiger partial charge in [0.1, 0.15) is 28.0 Å². The molecule has 4 nitrogen and oxygen atoms in total. The molecule has 0 bridgehead atoms. The molecule has 10 rings (SSSR count). The first-order valence-electron chi connectivity index (χ1n) is 16.7. The Bertz CT molecular complexity index is 3030. The molecular weight excluding hydrogens is 613 g/mol. The van der Waals surface area contributed by atoms with Crippen molar-refractivity contribution in [3.63, 3.8) is 0 Å². The fourth-order valence-electron chi connectivity index (χ4n) is 7.30. The van der Waals surface area contributed by atoms with Crippen LogP contribution in [0.3, 0.4) is 0 Å². The van der Waals surface area contributed by atoms with E-state index in [4.69, 9.17) is 25.4 Å². The van der Waals surface area contributed by atoms with Crippen molar-refractivity contribution in [1.29, 1.82) is 0 Å². The highest BCUT2D eigenvalue weighted by Gasteiger charge is 2.23. The van der Waals surface area contributed by atoms with Gasteiger partial charge in [-0.1, -0.05) is 134 Å². The number of benzene rings is 7. The summed E-state index contributed by atoms with van der Waals surface area (Å²) in [6, 6.07) is 47.5. The van der Waals surface area contributed by atoms with Crippen molar-refractivity contribution >= 4 is 73.5 Å². The maximum atomic E-state index is 6.69. The zero-order valence-electron chi connectivity index (χ0n) is 26.9. The predicted molar refractivity (Wildman–Crippen MR) is 206 cm³/mol. The van der Waals surface area contributed by atoms with Crippen LogP contribution in [-0.2, 0) is 0 Å². The first-order valence-corrected chi connectivity index (χ1v) is 16.7.